The summed E-state index contributed by atoms with van der Waals surface area (Å²) in [6.45, 7) is 0.968. The van der Waals surface area contributed by atoms with Crippen molar-refractivity contribution in [1.29, 1.82) is 0 Å². The van der Waals surface area contributed by atoms with Gasteiger partial charge in [-0.05, 0) is 51.8 Å². The Kier molecular flexibility index (Phi) is 3.24. The van der Waals surface area contributed by atoms with Crippen molar-refractivity contribution in [3.05, 3.63) is 45.3 Å². The summed E-state index contributed by atoms with van der Waals surface area (Å²) in [7, 11) is 0. The smallest absolute Gasteiger partial charge is 0.229 e. The summed E-state index contributed by atoms with van der Waals surface area (Å²) in [5.74, 6) is 1.08. The minimum atomic E-state index is -0.268. The van der Waals surface area contributed by atoms with E-state index in [1.165, 1.54) is 12.1 Å². The molecule has 0 fully saturated rings. The summed E-state index contributed by atoms with van der Waals surface area (Å²) in [5, 5.41) is 0.178. The first kappa shape index (κ1) is 12.6. The molecular formula is C13H8BrClO4. The highest BCUT2D eigenvalue weighted by molar-refractivity contribution is 9.10. The Bertz CT molecular complexity index is 650. The van der Waals surface area contributed by atoms with E-state index in [1.54, 1.807) is 12.1 Å². The van der Waals surface area contributed by atoms with Crippen LogP contribution in [0.4, 0.5) is 0 Å². The monoisotopic (exact) mass is 342 g/mol. The van der Waals surface area contributed by atoms with Gasteiger partial charge in [-0.25, -0.2) is 0 Å². The number of fused-ring (bicyclic) bond motifs is 1. The third-order valence-corrected chi connectivity index (χ3v) is 3.53. The Morgan fingerprint density at radius 3 is 2.47 bits per heavy atom. The molecule has 2 heterocycles. The van der Waals surface area contributed by atoms with Gasteiger partial charge < -0.3 is 13.9 Å². The summed E-state index contributed by atoms with van der Waals surface area (Å²) < 4.78 is 16.6. The van der Waals surface area contributed by atoms with E-state index in [0.29, 0.717) is 34.7 Å². The Hall–Kier alpha value is -1.46. The fraction of sp³-hybridized carbons (Fsp3) is 0.154. The number of ether oxygens (including phenoxy) is 2. The molecule has 4 nitrogen and oxygen atoms in total. The highest BCUT2D eigenvalue weighted by Crippen LogP contribution is 2.36. The molecule has 0 unspecified atom stereocenters. The summed E-state index contributed by atoms with van der Waals surface area (Å²) >= 11 is 9.02. The lowest BCUT2D eigenvalue weighted by molar-refractivity contribution is 0.101. The molecule has 2 aromatic rings. The van der Waals surface area contributed by atoms with Crippen molar-refractivity contribution in [2.24, 2.45) is 0 Å². The molecule has 3 rings (SSSR count). The van der Waals surface area contributed by atoms with Crippen LogP contribution in [-0.2, 0) is 0 Å². The maximum atomic E-state index is 12.3. The van der Waals surface area contributed by atoms with Crippen LogP contribution in [0.15, 0.2) is 33.2 Å². The Balaban J connectivity index is 2.03. The van der Waals surface area contributed by atoms with Crippen molar-refractivity contribution in [1.82, 2.24) is 0 Å². The zero-order valence-corrected chi connectivity index (χ0v) is 12.0. The third kappa shape index (κ3) is 2.35. The molecule has 0 spiro atoms. The highest BCUT2D eigenvalue weighted by Gasteiger charge is 2.21. The van der Waals surface area contributed by atoms with Crippen LogP contribution >= 0.6 is 27.5 Å². The van der Waals surface area contributed by atoms with Gasteiger partial charge in [-0.3, -0.25) is 4.79 Å². The van der Waals surface area contributed by atoms with Crippen LogP contribution in [0.1, 0.15) is 16.1 Å². The average Bonchev–Trinajstić information content (AvgIpc) is 2.84. The van der Waals surface area contributed by atoms with E-state index in [1.807, 2.05) is 0 Å². The number of carbonyl (C=O) groups excluding carboxylic acids is 1. The van der Waals surface area contributed by atoms with Crippen LogP contribution in [0.2, 0.25) is 5.22 Å². The van der Waals surface area contributed by atoms with Crippen molar-refractivity contribution in [2.45, 2.75) is 0 Å². The zero-order valence-electron chi connectivity index (χ0n) is 9.61. The molecule has 1 aromatic heterocycles. The quantitative estimate of drug-likeness (QED) is 0.780. The number of carbonyl (C=O) groups is 1. The standard InChI is InChI=1S/C13H8BrClO4/c14-8-6-11-10(17-3-4-18-11)5-7(8)13(16)9-1-2-12(15)19-9/h1-2,5-6H,3-4H2. The zero-order chi connectivity index (χ0) is 13.4. The van der Waals surface area contributed by atoms with E-state index in [0.717, 1.165) is 0 Å². The molecule has 0 radical (unpaired) electrons. The van der Waals surface area contributed by atoms with E-state index in [-0.39, 0.29) is 16.8 Å². The number of furan rings is 1. The first-order valence-electron chi connectivity index (χ1n) is 5.54. The Morgan fingerprint density at radius 2 is 1.84 bits per heavy atom. The van der Waals surface area contributed by atoms with Gasteiger partial charge in [0.2, 0.25) is 5.78 Å². The number of halogens is 2. The predicted molar refractivity (Wildman–Crippen MR) is 72.3 cm³/mol. The van der Waals surface area contributed by atoms with Gasteiger partial charge in [-0.15, -0.1) is 0 Å². The van der Waals surface area contributed by atoms with Crippen molar-refractivity contribution in [3.8, 4) is 11.5 Å². The van der Waals surface area contributed by atoms with Gasteiger partial charge in [0.1, 0.15) is 13.2 Å². The minimum absolute atomic E-state index is 0.178. The summed E-state index contributed by atoms with van der Waals surface area (Å²) in [6.07, 6.45) is 0. The van der Waals surface area contributed by atoms with Gasteiger partial charge >= 0.3 is 0 Å². The van der Waals surface area contributed by atoms with Crippen molar-refractivity contribution >= 4 is 33.3 Å². The minimum Gasteiger partial charge on any atom is -0.486 e. The molecule has 0 aliphatic carbocycles. The van der Waals surface area contributed by atoms with E-state index in [2.05, 4.69) is 15.9 Å². The van der Waals surface area contributed by atoms with Gasteiger partial charge in [0.05, 0.1) is 0 Å². The van der Waals surface area contributed by atoms with Crippen LogP contribution in [0.25, 0.3) is 0 Å². The highest BCUT2D eigenvalue weighted by atomic mass is 79.9. The molecule has 0 N–H and O–H groups in total. The number of hydrogen-bond donors (Lipinski definition) is 0. The molecular weight excluding hydrogens is 335 g/mol. The Morgan fingerprint density at radius 1 is 1.16 bits per heavy atom. The SMILES string of the molecule is O=C(c1ccc(Cl)o1)c1cc2c(cc1Br)OCCO2. The predicted octanol–water partition coefficient (Wildman–Crippen LogP) is 3.70. The second-order valence-corrected chi connectivity index (χ2v) is 5.14. The van der Waals surface area contributed by atoms with E-state index < -0.39 is 0 Å². The lowest BCUT2D eigenvalue weighted by Gasteiger charge is -2.19. The topological polar surface area (TPSA) is 48.7 Å². The second-order valence-electron chi connectivity index (χ2n) is 3.91. The fourth-order valence-corrected chi connectivity index (χ4v) is 2.46. The molecule has 0 saturated heterocycles. The van der Waals surface area contributed by atoms with Crippen molar-refractivity contribution < 1.29 is 18.7 Å². The average molecular weight is 344 g/mol. The number of benzene rings is 1. The molecule has 0 saturated carbocycles. The number of ketones is 1. The van der Waals surface area contributed by atoms with Crippen molar-refractivity contribution in [3.63, 3.8) is 0 Å². The molecule has 6 heteroatoms. The van der Waals surface area contributed by atoms with Gasteiger partial charge in [-0.1, -0.05) is 0 Å². The maximum absolute atomic E-state index is 12.3. The molecule has 1 aliphatic rings. The van der Waals surface area contributed by atoms with Gasteiger partial charge in [0.25, 0.3) is 0 Å². The largest absolute Gasteiger partial charge is 0.486 e. The van der Waals surface area contributed by atoms with Crippen LogP contribution in [0.3, 0.4) is 0 Å². The molecule has 0 bridgehead atoms. The van der Waals surface area contributed by atoms with Crippen LogP contribution in [0.5, 0.6) is 11.5 Å². The number of hydrogen-bond acceptors (Lipinski definition) is 4. The van der Waals surface area contributed by atoms with E-state index in [9.17, 15) is 4.79 Å². The van der Waals surface area contributed by atoms with Gasteiger partial charge in [0, 0.05) is 10.0 Å². The number of rotatable bonds is 2. The first-order valence-corrected chi connectivity index (χ1v) is 6.71. The molecule has 19 heavy (non-hydrogen) atoms. The molecule has 0 atom stereocenters. The first-order chi connectivity index (χ1) is 9.15. The summed E-state index contributed by atoms with van der Waals surface area (Å²) in [6, 6.07) is 6.41. The van der Waals surface area contributed by atoms with E-state index >= 15 is 0 Å². The van der Waals surface area contributed by atoms with Gasteiger partial charge in [0.15, 0.2) is 22.5 Å². The molecule has 1 aliphatic heterocycles. The van der Waals surface area contributed by atoms with Gasteiger partial charge in [-0.2, -0.15) is 0 Å². The third-order valence-electron chi connectivity index (χ3n) is 2.67. The second kappa shape index (κ2) is 4.90. The maximum Gasteiger partial charge on any atom is 0.229 e. The van der Waals surface area contributed by atoms with Crippen LogP contribution in [-0.4, -0.2) is 19.0 Å². The van der Waals surface area contributed by atoms with Crippen LogP contribution in [0, 0.1) is 0 Å². The lowest BCUT2D eigenvalue weighted by atomic mass is 10.1. The summed E-state index contributed by atoms with van der Waals surface area (Å²) in [5.41, 5.74) is 0.440. The normalized spacial score (nSPS) is 13.4. The summed E-state index contributed by atoms with van der Waals surface area (Å²) in [4.78, 5) is 12.3. The lowest BCUT2D eigenvalue weighted by Crippen LogP contribution is -2.16. The molecule has 98 valence electrons. The Labute approximate surface area is 122 Å². The molecule has 0 amide bonds. The van der Waals surface area contributed by atoms with Crippen LogP contribution < -0.4 is 9.47 Å². The fourth-order valence-electron chi connectivity index (χ4n) is 1.81. The molecule has 1 aromatic carbocycles. The van der Waals surface area contributed by atoms with E-state index in [4.69, 9.17) is 25.5 Å². The van der Waals surface area contributed by atoms with Crippen molar-refractivity contribution in [2.75, 3.05) is 13.2 Å².